The molecule has 0 saturated carbocycles. The first-order valence-electron chi connectivity index (χ1n) is 8.40. The van der Waals surface area contributed by atoms with Gasteiger partial charge < -0.3 is 20.2 Å². The number of piperazine rings is 1. The molecular formula is C18H20ClFN4O4. The Morgan fingerprint density at radius 2 is 2.00 bits per heavy atom. The van der Waals surface area contributed by atoms with E-state index in [1.54, 1.807) is 13.1 Å². The van der Waals surface area contributed by atoms with E-state index >= 15 is 0 Å². The van der Waals surface area contributed by atoms with Gasteiger partial charge in [0, 0.05) is 25.0 Å². The van der Waals surface area contributed by atoms with Crippen molar-refractivity contribution in [1.29, 1.82) is 0 Å². The monoisotopic (exact) mass is 410 g/mol. The molecule has 0 spiro atoms. The molecule has 1 aromatic carbocycles. The zero-order chi connectivity index (χ0) is 19.6. The molecule has 3 rings (SSSR count). The maximum Gasteiger partial charge on any atom is 0.327 e. The highest BCUT2D eigenvalue weighted by molar-refractivity contribution is 5.97. The highest BCUT2D eigenvalue weighted by atomic mass is 35.5. The molecule has 2 heterocycles. The van der Waals surface area contributed by atoms with Crippen LogP contribution in [0.5, 0.6) is 0 Å². The summed E-state index contributed by atoms with van der Waals surface area (Å²) in [5.41, 5.74) is 0.551. The minimum atomic E-state index is -1.08. The predicted molar refractivity (Wildman–Crippen MR) is 102 cm³/mol. The van der Waals surface area contributed by atoms with Crippen molar-refractivity contribution in [2.45, 2.75) is 6.04 Å². The minimum absolute atomic E-state index is 0. The third-order valence-corrected chi connectivity index (χ3v) is 4.47. The second-order valence-corrected chi connectivity index (χ2v) is 6.42. The van der Waals surface area contributed by atoms with Gasteiger partial charge in [-0.15, -0.1) is 12.4 Å². The summed E-state index contributed by atoms with van der Waals surface area (Å²) in [4.78, 5) is 43.3. The quantitative estimate of drug-likeness (QED) is 0.771. The van der Waals surface area contributed by atoms with Gasteiger partial charge in [0.15, 0.2) is 0 Å². The summed E-state index contributed by atoms with van der Waals surface area (Å²) in [6, 6.07) is 6.10. The zero-order valence-electron chi connectivity index (χ0n) is 15.1. The van der Waals surface area contributed by atoms with Gasteiger partial charge in [-0.1, -0.05) is 6.07 Å². The zero-order valence-corrected chi connectivity index (χ0v) is 15.9. The van der Waals surface area contributed by atoms with Crippen molar-refractivity contribution in [3.8, 4) is 0 Å². The van der Waals surface area contributed by atoms with Crippen LogP contribution in [0.2, 0.25) is 0 Å². The molecule has 1 saturated heterocycles. The Balaban J connectivity index is 0.00000280. The van der Waals surface area contributed by atoms with E-state index in [2.05, 4.69) is 10.3 Å². The van der Waals surface area contributed by atoms with E-state index < -0.39 is 29.6 Å². The number of hydrogen-bond donors (Lipinski definition) is 2. The number of carbonyl (C=O) groups is 3. The van der Waals surface area contributed by atoms with Crippen molar-refractivity contribution >= 4 is 41.1 Å². The summed E-state index contributed by atoms with van der Waals surface area (Å²) in [5.74, 6) is -2.50. The average molecular weight is 411 g/mol. The Labute approximate surface area is 166 Å². The third kappa shape index (κ3) is 4.73. The van der Waals surface area contributed by atoms with Crippen LogP contribution < -0.4 is 5.32 Å². The van der Waals surface area contributed by atoms with Gasteiger partial charge in [0.1, 0.15) is 17.6 Å². The number of halogens is 2. The number of benzene rings is 1. The number of hydrogen-bond acceptors (Lipinski definition) is 5. The first kappa shape index (κ1) is 21.5. The summed E-state index contributed by atoms with van der Waals surface area (Å²) in [7, 11) is 1.79. The maximum absolute atomic E-state index is 13.2. The van der Waals surface area contributed by atoms with Crippen LogP contribution in [0, 0.1) is 5.82 Å². The summed E-state index contributed by atoms with van der Waals surface area (Å²) in [6.45, 7) is 0.751. The molecule has 10 heteroatoms. The highest BCUT2D eigenvalue weighted by Gasteiger charge is 2.34. The molecule has 1 fully saturated rings. The largest absolute Gasteiger partial charge is 0.480 e. The van der Waals surface area contributed by atoms with Crippen molar-refractivity contribution in [3.05, 3.63) is 41.8 Å². The van der Waals surface area contributed by atoms with Crippen molar-refractivity contribution in [1.82, 2.24) is 20.1 Å². The van der Waals surface area contributed by atoms with E-state index in [1.807, 2.05) is 4.90 Å². The Kier molecular flexibility index (Phi) is 6.87. The van der Waals surface area contributed by atoms with Gasteiger partial charge in [0.25, 0.3) is 5.91 Å². The van der Waals surface area contributed by atoms with Gasteiger partial charge in [0.05, 0.1) is 12.1 Å². The lowest BCUT2D eigenvalue weighted by Crippen LogP contribution is -2.58. The minimum Gasteiger partial charge on any atom is -0.480 e. The molecule has 0 aliphatic carbocycles. The van der Waals surface area contributed by atoms with E-state index in [9.17, 15) is 23.9 Å². The first-order valence-corrected chi connectivity index (χ1v) is 8.40. The molecule has 2 N–H and O–H groups in total. The normalized spacial score (nSPS) is 17.1. The molecular weight excluding hydrogens is 391 g/mol. The van der Waals surface area contributed by atoms with Gasteiger partial charge >= 0.3 is 5.97 Å². The summed E-state index contributed by atoms with van der Waals surface area (Å²) in [5, 5.41) is 12.3. The average Bonchev–Trinajstić information content (AvgIpc) is 2.65. The van der Waals surface area contributed by atoms with Crippen LogP contribution in [-0.2, 0) is 9.59 Å². The van der Waals surface area contributed by atoms with E-state index in [1.165, 1.54) is 29.2 Å². The molecule has 1 aliphatic heterocycles. The summed E-state index contributed by atoms with van der Waals surface area (Å²) >= 11 is 0. The second-order valence-electron chi connectivity index (χ2n) is 6.42. The van der Waals surface area contributed by atoms with Crippen LogP contribution in [0.15, 0.2) is 30.3 Å². The van der Waals surface area contributed by atoms with Gasteiger partial charge in [0.2, 0.25) is 5.91 Å². The number of likely N-dealkylation sites (N-methyl/N-ethyl adjacent to an activating group) is 1. The first-order chi connectivity index (χ1) is 12.8. The lowest BCUT2D eigenvalue weighted by molar-refractivity contribution is -0.152. The van der Waals surface area contributed by atoms with Crippen LogP contribution in [0.4, 0.5) is 4.39 Å². The number of carboxylic acids is 1. The number of pyridine rings is 1. The molecule has 1 aliphatic rings. The molecule has 0 bridgehead atoms. The van der Waals surface area contributed by atoms with Gasteiger partial charge in [-0.25, -0.2) is 14.2 Å². The number of aromatic nitrogens is 1. The molecule has 150 valence electrons. The Morgan fingerprint density at radius 3 is 2.71 bits per heavy atom. The molecule has 28 heavy (non-hydrogen) atoms. The number of carboxylic acid groups (broad SMARTS) is 1. The molecule has 2 amide bonds. The maximum atomic E-state index is 13.2. The Morgan fingerprint density at radius 1 is 1.25 bits per heavy atom. The topological polar surface area (TPSA) is 103 Å². The smallest absolute Gasteiger partial charge is 0.327 e. The van der Waals surface area contributed by atoms with Crippen LogP contribution in [-0.4, -0.2) is 76.9 Å². The Hall–Kier alpha value is -2.78. The molecule has 1 aromatic heterocycles. The molecule has 0 unspecified atom stereocenters. The van der Waals surface area contributed by atoms with Crippen molar-refractivity contribution in [2.75, 3.05) is 33.2 Å². The SMILES string of the molecule is CN1CCN(C(=O)CNC(=O)c2ccc3cc(F)ccc3n2)[C@H](C(=O)O)C1.Cl. The van der Waals surface area contributed by atoms with Gasteiger partial charge in [-0.05, 0) is 31.3 Å². The highest BCUT2D eigenvalue weighted by Crippen LogP contribution is 2.14. The summed E-state index contributed by atoms with van der Waals surface area (Å²) < 4.78 is 13.2. The second kappa shape index (κ2) is 8.94. The third-order valence-electron chi connectivity index (χ3n) is 4.47. The number of fused-ring (bicyclic) bond motifs is 1. The predicted octanol–water partition coefficient (Wildman–Crippen LogP) is 0.753. The van der Waals surface area contributed by atoms with Crippen LogP contribution in [0.25, 0.3) is 10.9 Å². The lowest BCUT2D eigenvalue weighted by atomic mass is 10.1. The van der Waals surface area contributed by atoms with Gasteiger partial charge in [-0.3, -0.25) is 9.59 Å². The van der Waals surface area contributed by atoms with E-state index in [0.29, 0.717) is 17.4 Å². The van der Waals surface area contributed by atoms with Crippen molar-refractivity contribution < 1.29 is 23.9 Å². The molecule has 2 aromatic rings. The van der Waals surface area contributed by atoms with E-state index in [-0.39, 0.29) is 37.7 Å². The number of rotatable bonds is 4. The molecule has 1 atom stereocenters. The number of aliphatic carboxylic acids is 1. The van der Waals surface area contributed by atoms with E-state index in [0.717, 1.165) is 0 Å². The Bertz CT molecular complexity index is 910. The standard InChI is InChI=1S/C18H19FN4O4.ClH/c1-22-6-7-23(15(10-22)18(26)27)16(24)9-20-17(25)14-4-2-11-8-12(19)3-5-13(11)21-14;/h2-5,8,15H,6-7,9-10H2,1H3,(H,20,25)(H,26,27);1H/t15-;/m0./s1. The van der Waals surface area contributed by atoms with Crippen molar-refractivity contribution in [2.24, 2.45) is 0 Å². The number of amides is 2. The fraction of sp³-hybridized carbons (Fsp3) is 0.333. The van der Waals surface area contributed by atoms with Crippen molar-refractivity contribution in [3.63, 3.8) is 0 Å². The fourth-order valence-corrected chi connectivity index (χ4v) is 3.00. The number of nitrogens with one attached hydrogen (secondary N) is 1. The van der Waals surface area contributed by atoms with Gasteiger partial charge in [-0.2, -0.15) is 0 Å². The lowest BCUT2D eigenvalue weighted by Gasteiger charge is -2.37. The van der Waals surface area contributed by atoms with Crippen LogP contribution in [0.3, 0.4) is 0 Å². The number of carbonyl (C=O) groups excluding carboxylic acids is 2. The van der Waals surface area contributed by atoms with Crippen LogP contribution >= 0.6 is 12.4 Å². The fourth-order valence-electron chi connectivity index (χ4n) is 3.00. The molecule has 8 nitrogen and oxygen atoms in total. The summed E-state index contributed by atoms with van der Waals surface area (Å²) in [6.07, 6.45) is 0. The molecule has 0 radical (unpaired) electrons. The number of nitrogens with zero attached hydrogens (tertiary/aromatic N) is 3. The van der Waals surface area contributed by atoms with Crippen LogP contribution in [0.1, 0.15) is 10.5 Å². The van der Waals surface area contributed by atoms with E-state index in [4.69, 9.17) is 0 Å².